The zero-order valence-corrected chi connectivity index (χ0v) is 13.4. The van der Waals surface area contributed by atoms with Gasteiger partial charge in [-0.15, -0.1) is 0 Å². The average Bonchev–Trinajstić information content (AvgIpc) is 2.84. The molecule has 7 heteroatoms. The number of phenolic OH excluding ortho intramolecular Hbond substituents is 1. The van der Waals surface area contributed by atoms with Crippen molar-refractivity contribution in [3.8, 4) is 5.75 Å². The Labute approximate surface area is 143 Å². The minimum atomic E-state index is -1.13. The number of carboxylic acid groups (broad SMARTS) is 1. The molecule has 3 N–H and O–H groups in total. The number of hydrogen-bond acceptors (Lipinski definition) is 5. The van der Waals surface area contributed by atoms with Gasteiger partial charge in [0.1, 0.15) is 11.8 Å². The molecule has 25 heavy (non-hydrogen) atoms. The molecule has 1 saturated heterocycles. The number of imide groups is 1. The van der Waals surface area contributed by atoms with Crippen LogP contribution in [-0.4, -0.2) is 34.0 Å². The zero-order valence-electron chi connectivity index (χ0n) is 13.4. The molecule has 0 spiro atoms. The van der Waals surface area contributed by atoms with Crippen LogP contribution in [0.4, 0.5) is 11.4 Å². The van der Waals surface area contributed by atoms with E-state index in [0.29, 0.717) is 11.3 Å². The number of aromatic carboxylic acids is 1. The third kappa shape index (κ3) is 3.03. The average molecular weight is 340 g/mol. The van der Waals surface area contributed by atoms with Gasteiger partial charge in [0.15, 0.2) is 0 Å². The fourth-order valence-corrected chi connectivity index (χ4v) is 2.76. The van der Waals surface area contributed by atoms with Gasteiger partial charge in [0.05, 0.1) is 23.4 Å². The number of nitrogens with zero attached hydrogens (tertiary/aromatic N) is 1. The highest BCUT2D eigenvalue weighted by atomic mass is 16.4. The summed E-state index contributed by atoms with van der Waals surface area (Å²) in [5, 5.41) is 21.8. The van der Waals surface area contributed by atoms with Gasteiger partial charge in [0.25, 0.3) is 5.91 Å². The van der Waals surface area contributed by atoms with Gasteiger partial charge in [-0.3, -0.25) is 9.59 Å². The number of hydrogen-bond donors (Lipinski definition) is 3. The summed E-state index contributed by atoms with van der Waals surface area (Å²) in [6, 6.07) is 9.89. The molecule has 128 valence electrons. The highest BCUT2D eigenvalue weighted by Crippen LogP contribution is 2.30. The molecule has 1 aliphatic heterocycles. The third-order valence-corrected chi connectivity index (χ3v) is 4.08. The molecule has 1 fully saturated rings. The maximum absolute atomic E-state index is 12.7. The van der Waals surface area contributed by atoms with Crippen molar-refractivity contribution in [2.75, 3.05) is 10.2 Å². The van der Waals surface area contributed by atoms with Gasteiger partial charge in [0.2, 0.25) is 5.91 Å². The molecule has 7 nitrogen and oxygen atoms in total. The molecule has 3 rings (SSSR count). The molecule has 2 aromatic carbocycles. The molecule has 2 amide bonds. The second-order valence-corrected chi connectivity index (χ2v) is 5.79. The molecule has 2 aromatic rings. The highest BCUT2D eigenvalue weighted by molar-refractivity contribution is 6.23. The van der Waals surface area contributed by atoms with Crippen LogP contribution in [0.5, 0.6) is 5.75 Å². The van der Waals surface area contributed by atoms with Gasteiger partial charge in [-0.05, 0) is 36.8 Å². The van der Waals surface area contributed by atoms with E-state index < -0.39 is 23.8 Å². The van der Waals surface area contributed by atoms with Gasteiger partial charge < -0.3 is 15.5 Å². The number of para-hydroxylation sites is 2. The summed E-state index contributed by atoms with van der Waals surface area (Å²) < 4.78 is 0. The molecule has 0 bridgehead atoms. The summed E-state index contributed by atoms with van der Waals surface area (Å²) in [5.74, 6) is -2.07. The number of carbonyl (C=O) groups is 3. The Morgan fingerprint density at radius 1 is 1.20 bits per heavy atom. The molecule has 0 aliphatic carbocycles. The van der Waals surface area contributed by atoms with Crippen LogP contribution in [0.3, 0.4) is 0 Å². The van der Waals surface area contributed by atoms with Crippen molar-refractivity contribution < 1.29 is 24.6 Å². The predicted octanol–water partition coefficient (Wildman–Crippen LogP) is 2.14. The molecular weight excluding hydrogens is 324 g/mol. The van der Waals surface area contributed by atoms with Crippen molar-refractivity contribution in [2.45, 2.75) is 19.4 Å². The highest BCUT2D eigenvalue weighted by Gasteiger charge is 2.40. The van der Waals surface area contributed by atoms with Gasteiger partial charge in [-0.2, -0.15) is 0 Å². The monoisotopic (exact) mass is 340 g/mol. The second-order valence-electron chi connectivity index (χ2n) is 5.79. The van der Waals surface area contributed by atoms with Crippen LogP contribution < -0.4 is 10.2 Å². The molecule has 0 radical (unpaired) electrons. The Morgan fingerprint density at radius 3 is 2.60 bits per heavy atom. The van der Waals surface area contributed by atoms with Crippen molar-refractivity contribution in [1.29, 1.82) is 0 Å². The van der Waals surface area contributed by atoms with Crippen LogP contribution in [0, 0.1) is 6.92 Å². The van der Waals surface area contributed by atoms with Crippen molar-refractivity contribution in [1.82, 2.24) is 0 Å². The van der Waals surface area contributed by atoms with E-state index >= 15 is 0 Å². The normalized spacial score (nSPS) is 17.0. The summed E-state index contributed by atoms with van der Waals surface area (Å²) in [5.41, 5.74) is 1.23. The molecule has 1 atom stereocenters. The Bertz CT molecular complexity index is 878. The van der Waals surface area contributed by atoms with Crippen LogP contribution in [0.15, 0.2) is 42.5 Å². The molecule has 0 aromatic heterocycles. The molecule has 1 heterocycles. The van der Waals surface area contributed by atoms with E-state index in [2.05, 4.69) is 5.32 Å². The minimum Gasteiger partial charge on any atom is -0.506 e. The minimum absolute atomic E-state index is 0.00156. The first-order valence-corrected chi connectivity index (χ1v) is 7.63. The lowest BCUT2D eigenvalue weighted by Gasteiger charge is -2.19. The second kappa shape index (κ2) is 6.27. The van der Waals surface area contributed by atoms with Gasteiger partial charge >= 0.3 is 5.97 Å². The van der Waals surface area contributed by atoms with E-state index in [4.69, 9.17) is 5.11 Å². The Hall–Kier alpha value is -3.35. The quantitative estimate of drug-likeness (QED) is 0.581. The summed E-state index contributed by atoms with van der Waals surface area (Å²) in [6.07, 6.45) is -0.0795. The van der Waals surface area contributed by atoms with Crippen LogP contribution in [0.1, 0.15) is 22.3 Å². The van der Waals surface area contributed by atoms with Crippen molar-refractivity contribution >= 4 is 29.2 Å². The molecule has 0 saturated carbocycles. The summed E-state index contributed by atoms with van der Waals surface area (Å²) in [6.45, 7) is 1.70. The third-order valence-electron chi connectivity index (χ3n) is 4.08. The Kier molecular flexibility index (Phi) is 4.14. The van der Waals surface area contributed by atoms with E-state index in [1.807, 2.05) is 0 Å². The van der Waals surface area contributed by atoms with Gasteiger partial charge in [-0.1, -0.05) is 18.2 Å². The lowest BCUT2D eigenvalue weighted by Crippen LogP contribution is -2.35. The van der Waals surface area contributed by atoms with Crippen molar-refractivity contribution in [3.63, 3.8) is 0 Å². The number of phenols is 1. The number of amides is 2. The largest absolute Gasteiger partial charge is 0.506 e. The SMILES string of the molecule is Cc1ccc(C(=O)O)cc1N1C(=O)CC(Nc2ccccc2O)C1=O. The van der Waals surface area contributed by atoms with E-state index in [0.717, 1.165) is 4.90 Å². The van der Waals surface area contributed by atoms with Crippen molar-refractivity contribution in [3.05, 3.63) is 53.6 Å². The topological polar surface area (TPSA) is 107 Å². The fraction of sp³-hybridized carbons (Fsp3) is 0.167. The number of nitrogens with one attached hydrogen (secondary N) is 1. The van der Waals surface area contributed by atoms with Gasteiger partial charge in [-0.25, -0.2) is 9.69 Å². The van der Waals surface area contributed by atoms with Crippen molar-refractivity contribution in [2.24, 2.45) is 0 Å². The Morgan fingerprint density at radius 2 is 1.92 bits per heavy atom. The number of aromatic hydroxyl groups is 1. The van der Waals surface area contributed by atoms with Crippen LogP contribution in [0.2, 0.25) is 0 Å². The first-order valence-electron chi connectivity index (χ1n) is 7.63. The summed E-state index contributed by atoms with van der Waals surface area (Å²) >= 11 is 0. The molecule has 1 aliphatic rings. The number of benzene rings is 2. The smallest absolute Gasteiger partial charge is 0.335 e. The molecule has 1 unspecified atom stereocenters. The van der Waals surface area contributed by atoms with E-state index in [-0.39, 0.29) is 23.4 Å². The number of carboxylic acids is 1. The van der Waals surface area contributed by atoms with Crippen LogP contribution in [-0.2, 0) is 9.59 Å². The van der Waals surface area contributed by atoms with E-state index in [1.165, 1.54) is 18.2 Å². The fourth-order valence-electron chi connectivity index (χ4n) is 2.76. The Balaban J connectivity index is 1.91. The summed E-state index contributed by atoms with van der Waals surface area (Å²) in [7, 11) is 0. The van der Waals surface area contributed by atoms with Crippen LogP contribution in [0.25, 0.3) is 0 Å². The molecular formula is C18H16N2O5. The standard InChI is InChI=1S/C18H16N2O5/c1-10-6-7-11(18(24)25)8-14(10)20-16(22)9-13(17(20)23)19-12-4-2-3-5-15(12)21/h2-8,13,19,21H,9H2,1H3,(H,24,25). The first kappa shape index (κ1) is 16.5. The number of carbonyl (C=O) groups excluding carboxylic acids is 2. The van der Waals surface area contributed by atoms with Crippen LogP contribution >= 0.6 is 0 Å². The maximum Gasteiger partial charge on any atom is 0.335 e. The van der Waals surface area contributed by atoms with Gasteiger partial charge in [0, 0.05) is 0 Å². The summed E-state index contributed by atoms with van der Waals surface area (Å²) in [4.78, 5) is 37.2. The first-order chi connectivity index (χ1) is 11.9. The predicted molar refractivity (Wildman–Crippen MR) is 90.8 cm³/mol. The lowest BCUT2D eigenvalue weighted by molar-refractivity contribution is -0.121. The number of aryl methyl sites for hydroxylation is 1. The number of rotatable bonds is 4. The maximum atomic E-state index is 12.7. The number of anilines is 2. The van der Waals surface area contributed by atoms with E-state index in [1.54, 1.807) is 31.2 Å². The van der Waals surface area contributed by atoms with E-state index in [9.17, 15) is 19.5 Å². The zero-order chi connectivity index (χ0) is 18.1. The lowest BCUT2D eigenvalue weighted by atomic mass is 10.1.